The summed E-state index contributed by atoms with van der Waals surface area (Å²) in [6, 6.07) is 10.6. The average Bonchev–Trinajstić information content (AvgIpc) is 3.08. The summed E-state index contributed by atoms with van der Waals surface area (Å²) < 4.78 is 22.1. The van der Waals surface area contributed by atoms with Gasteiger partial charge in [-0.25, -0.2) is 9.37 Å². The van der Waals surface area contributed by atoms with Gasteiger partial charge in [0.15, 0.2) is 11.6 Å². The average molecular weight is 415 g/mol. The van der Waals surface area contributed by atoms with E-state index in [0.29, 0.717) is 17.7 Å². The smallest absolute Gasteiger partial charge is 0.166 e. The van der Waals surface area contributed by atoms with E-state index in [-0.39, 0.29) is 18.2 Å². The molecule has 2 N–H and O–H groups in total. The molecule has 156 valence electrons. The molecule has 5 rings (SSSR count). The molecule has 0 unspecified atom stereocenters. The van der Waals surface area contributed by atoms with Crippen molar-refractivity contribution in [2.24, 2.45) is 0 Å². The van der Waals surface area contributed by atoms with Crippen LogP contribution in [0.5, 0.6) is 5.75 Å². The maximum Gasteiger partial charge on any atom is 0.166 e. The lowest BCUT2D eigenvalue weighted by Crippen LogP contribution is -2.07. The Hall–Kier alpha value is -3.74. The molecule has 31 heavy (non-hydrogen) atoms. The van der Waals surface area contributed by atoms with E-state index in [0.717, 1.165) is 45.9 Å². The first-order valence-electron chi connectivity index (χ1n) is 10.2. The third-order valence-corrected chi connectivity index (χ3v) is 5.67. The molecule has 1 aromatic carbocycles. The monoisotopic (exact) mass is 415 g/mol. The van der Waals surface area contributed by atoms with Crippen LogP contribution in [0.2, 0.25) is 0 Å². The zero-order valence-electron chi connectivity index (χ0n) is 17.4. The molecule has 3 aromatic heterocycles. The number of anilines is 1. The number of pyridine rings is 2. The lowest BCUT2D eigenvalue weighted by molar-refractivity contribution is 0.307. The van der Waals surface area contributed by atoms with Crippen molar-refractivity contribution in [2.45, 2.75) is 33.4 Å². The fourth-order valence-corrected chi connectivity index (χ4v) is 4.16. The van der Waals surface area contributed by atoms with E-state index in [1.165, 1.54) is 12.1 Å². The first-order valence-corrected chi connectivity index (χ1v) is 10.2. The van der Waals surface area contributed by atoms with Crippen LogP contribution < -0.4 is 10.5 Å². The molecule has 0 spiro atoms. The Bertz CT molecular complexity index is 1300. The lowest BCUT2D eigenvalue weighted by Gasteiger charge is -2.17. The highest BCUT2D eigenvalue weighted by Crippen LogP contribution is 2.36. The summed E-state index contributed by atoms with van der Waals surface area (Å²) >= 11 is 0. The predicted molar refractivity (Wildman–Crippen MR) is 117 cm³/mol. The maximum absolute atomic E-state index is 14.1. The van der Waals surface area contributed by atoms with Gasteiger partial charge in [-0.3, -0.25) is 9.67 Å². The van der Waals surface area contributed by atoms with Crippen molar-refractivity contribution in [3.8, 4) is 28.3 Å². The molecule has 0 atom stereocenters. The topological polar surface area (TPSA) is 78.9 Å². The third kappa shape index (κ3) is 3.32. The molecule has 0 radical (unpaired) electrons. The van der Waals surface area contributed by atoms with Gasteiger partial charge in [0.2, 0.25) is 0 Å². The van der Waals surface area contributed by atoms with Gasteiger partial charge < -0.3 is 10.5 Å². The molecule has 0 saturated heterocycles. The standard InChI is InChI=1S/C24H22FN5O/c1-3-30-23-16-11-21(24(26)28-12-16)31-13-17-9-18(25)6-7-19(17)22-15(5-4-8-27-22)10-20(23)14(2)29-30/h4-9,11-12H,3,10,13H2,1-2H3,(H2,26,28). The molecule has 0 fully saturated rings. The predicted octanol–water partition coefficient (Wildman–Crippen LogP) is 4.54. The van der Waals surface area contributed by atoms with Crippen LogP contribution >= 0.6 is 0 Å². The summed E-state index contributed by atoms with van der Waals surface area (Å²) in [5.74, 6) is 0.425. The Kier molecular flexibility index (Phi) is 4.66. The van der Waals surface area contributed by atoms with E-state index in [2.05, 4.69) is 23.0 Å². The van der Waals surface area contributed by atoms with Crippen molar-refractivity contribution in [1.29, 1.82) is 0 Å². The zero-order chi connectivity index (χ0) is 21.5. The summed E-state index contributed by atoms with van der Waals surface area (Å²) in [5.41, 5.74) is 13.4. The molecule has 0 aliphatic carbocycles. The minimum Gasteiger partial charge on any atom is -0.485 e. The van der Waals surface area contributed by atoms with Crippen LogP contribution in [-0.4, -0.2) is 19.7 Å². The second-order valence-corrected chi connectivity index (χ2v) is 7.61. The summed E-state index contributed by atoms with van der Waals surface area (Å²) in [5, 5.41) is 4.75. The van der Waals surface area contributed by atoms with Gasteiger partial charge in [0.05, 0.1) is 17.1 Å². The Balaban J connectivity index is 1.81. The third-order valence-electron chi connectivity index (χ3n) is 5.67. The van der Waals surface area contributed by atoms with Gasteiger partial charge in [-0.05, 0) is 49.7 Å². The number of ether oxygens (including phenoxy) is 1. The molecule has 7 heteroatoms. The van der Waals surface area contributed by atoms with Crippen molar-refractivity contribution in [3.63, 3.8) is 0 Å². The summed E-state index contributed by atoms with van der Waals surface area (Å²) in [6.07, 6.45) is 4.14. The molecule has 0 amide bonds. The minimum absolute atomic E-state index is 0.150. The van der Waals surface area contributed by atoms with E-state index >= 15 is 0 Å². The van der Waals surface area contributed by atoms with Gasteiger partial charge in [-0.1, -0.05) is 6.07 Å². The molecular formula is C24H22FN5O. The van der Waals surface area contributed by atoms with E-state index in [1.807, 2.05) is 23.7 Å². The molecule has 1 aliphatic rings. The van der Waals surface area contributed by atoms with Crippen molar-refractivity contribution < 1.29 is 9.13 Å². The van der Waals surface area contributed by atoms with Crippen LogP contribution in [0.3, 0.4) is 0 Å². The quantitative estimate of drug-likeness (QED) is 0.494. The summed E-state index contributed by atoms with van der Waals surface area (Å²) in [4.78, 5) is 9.01. The fraction of sp³-hybridized carbons (Fsp3) is 0.208. The van der Waals surface area contributed by atoms with Gasteiger partial charge in [0.25, 0.3) is 0 Å². The normalized spacial score (nSPS) is 12.6. The molecule has 1 aliphatic heterocycles. The number of halogens is 1. The highest BCUT2D eigenvalue weighted by molar-refractivity contribution is 5.72. The highest BCUT2D eigenvalue weighted by Gasteiger charge is 2.22. The SMILES string of the molecule is CCn1nc(C)c2c1-c1cnc(N)c(c1)OCc1cc(F)ccc1-c1ncccc1C2. The number of benzene rings is 1. The van der Waals surface area contributed by atoms with Crippen molar-refractivity contribution in [2.75, 3.05) is 5.73 Å². The Morgan fingerprint density at radius 1 is 1.16 bits per heavy atom. The number of hydrogen-bond acceptors (Lipinski definition) is 5. The van der Waals surface area contributed by atoms with Crippen LogP contribution in [0, 0.1) is 12.7 Å². The van der Waals surface area contributed by atoms with Crippen molar-refractivity contribution in [1.82, 2.24) is 19.7 Å². The number of aryl methyl sites for hydroxylation is 2. The van der Waals surface area contributed by atoms with Crippen molar-refractivity contribution >= 4 is 5.82 Å². The van der Waals surface area contributed by atoms with E-state index in [4.69, 9.17) is 15.6 Å². The molecule has 0 saturated carbocycles. The van der Waals surface area contributed by atoms with Crippen LogP contribution in [0.1, 0.15) is 29.3 Å². The number of rotatable bonds is 1. The van der Waals surface area contributed by atoms with Crippen LogP contribution in [0.15, 0.2) is 48.8 Å². The zero-order valence-corrected chi connectivity index (χ0v) is 17.4. The van der Waals surface area contributed by atoms with Gasteiger partial charge in [-0.2, -0.15) is 5.10 Å². The lowest BCUT2D eigenvalue weighted by atomic mass is 9.94. The largest absolute Gasteiger partial charge is 0.485 e. The van der Waals surface area contributed by atoms with Gasteiger partial charge in [0, 0.05) is 47.6 Å². The van der Waals surface area contributed by atoms with E-state index < -0.39 is 0 Å². The van der Waals surface area contributed by atoms with Crippen LogP contribution in [0.4, 0.5) is 10.2 Å². The second-order valence-electron chi connectivity index (χ2n) is 7.61. The first-order chi connectivity index (χ1) is 15.0. The molecule has 2 bridgehead atoms. The highest BCUT2D eigenvalue weighted by atomic mass is 19.1. The van der Waals surface area contributed by atoms with E-state index in [1.54, 1.807) is 18.5 Å². The number of hydrogen-bond donors (Lipinski definition) is 1. The van der Waals surface area contributed by atoms with Crippen LogP contribution in [-0.2, 0) is 19.6 Å². The van der Waals surface area contributed by atoms with E-state index in [9.17, 15) is 4.39 Å². The molecule has 4 aromatic rings. The molecule has 6 nitrogen and oxygen atoms in total. The number of nitrogens with zero attached hydrogens (tertiary/aromatic N) is 4. The number of fused-ring (bicyclic) bond motifs is 7. The Morgan fingerprint density at radius 2 is 2.03 bits per heavy atom. The number of aromatic nitrogens is 4. The first kappa shape index (κ1) is 19.2. The van der Waals surface area contributed by atoms with Crippen molar-refractivity contribution in [3.05, 3.63) is 77.0 Å². The second kappa shape index (κ2) is 7.50. The Morgan fingerprint density at radius 3 is 2.87 bits per heavy atom. The summed E-state index contributed by atoms with van der Waals surface area (Å²) in [6.45, 7) is 4.94. The molecular weight excluding hydrogens is 393 g/mol. The Labute approximate surface area is 179 Å². The molecule has 4 heterocycles. The number of nitrogen functional groups attached to an aromatic ring is 1. The summed E-state index contributed by atoms with van der Waals surface area (Å²) in [7, 11) is 0. The maximum atomic E-state index is 14.1. The minimum atomic E-state index is -0.325. The van der Waals surface area contributed by atoms with Gasteiger partial charge >= 0.3 is 0 Å². The van der Waals surface area contributed by atoms with Gasteiger partial charge in [-0.15, -0.1) is 0 Å². The number of nitrogens with two attached hydrogens (primary N) is 1. The fourth-order valence-electron chi connectivity index (χ4n) is 4.16. The van der Waals surface area contributed by atoms with Crippen LogP contribution in [0.25, 0.3) is 22.5 Å². The van der Waals surface area contributed by atoms with Gasteiger partial charge in [0.1, 0.15) is 12.4 Å².